The number of piperidine rings is 2. The van der Waals surface area contributed by atoms with Crippen molar-refractivity contribution in [2.75, 3.05) is 52.9 Å². The molecule has 3 aliphatic heterocycles. The van der Waals surface area contributed by atoms with E-state index >= 15 is 0 Å². The van der Waals surface area contributed by atoms with Crippen molar-refractivity contribution in [1.82, 2.24) is 15.1 Å². The number of carbonyl (C=O) groups is 1. The third-order valence-electron chi connectivity index (χ3n) is 5.08. The molecular formula is C15H27N3O2. The van der Waals surface area contributed by atoms with Gasteiger partial charge < -0.3 is 15.0 Å². The van der Waals surface area contributed by atoms with E-state index in [0.717, 1.165) is 71.6 Å². The smallest absolute Gasteiger partial charge is 0.222 e. The lowest BCUT2D eigenvalue weighted by Crippen LogP contribution is -2.57. The third kappa shape index (κ3) is 3.15. The van der Waals surface area contributed by atoms with Crippen molar-refractivity contribution in [2.24, 2.45) is 5.92 Å². The van der Waals surface area contributed by atoms with E-state index in [1.807, 2.05) is 11.9 Å². The Morgan fingerprint density at radius 2 is 2.20 bits per heavy atom. The standard InChI is InChI=1S/C15H27N3O2/c1-17-10-13(2-3-14(17)19)11-18-8-9-20-15(12-18)4-6-16-7-5-15/h13,16H,2-12H2,1H3. The summed E-state index contributed by atoms with van der Waals surface area (Å²) in [4.78, 5) is 16.0. The van der Waals surface area contributed by atoms with Crippen molar-refractivity contribution < 1.29 is 9.53 Å². The Kier molecular flexibility index (Phi) is 4.29. The second-order valence-electron chi connectivity index (χ2n) is 6.70. The molecule has 0 aromatic heterocycles. The van der Waals surface area contributed by atoms with Crippen molar-refractivity contribution in [3.05, 3.63) is 0 Å². The van der Waals surface area contributed by atoms with Crippen LogP contribution in [0.3, 0.4) is 0 Å². The van der Waals surface area contributed by atoms with Gasteiger partial charge in [0.25, 0.3) is 0 Å². The largest absolute Gasteiger partial charge is 0.372 e. The third-order valence-corrected chi connectivity index (χ3v) is 5.08. The van der Waals surface area contributed by atoms with Crippen molar-refractivity contribution in [1.29, 1.82) is 0 Å². The summed E-state index contributed by atoms with van der Waals surface area (Å²) < 4.78 is 6.12. The van der Waals surface area contributed by atoms with Crippen molar-refractivity contribution in [3.63, 3.8) is 0 Å². The summed E-state index contributed by atoms with van der Waals surface area (Å²) in [5.41, 5.74) is 0.0971. The summed E-state index contributed by atoms with van der Waals surface area (Å²) in [6, 6.07) is 0. The zero-order valence-corrected chi connectivity index (χ0v) is 12.6. The first-order chi connectivity index (χ1) is 9.67. The predicted octanol–water partition coefficient (Wildman–Crippen LogP) is 0.309. The number of nitrogens with one attached hydrogen (secondary N) is 1. The fraction of sp³-hybridized carbons (Fsp3) is 0.933. The van der Waals surface area contributed by atoms with Crippen LogP contribution in [0.25, 0.3) is 0 Å². The second-order valence-corrected chi connectivity index (χ2v) is 6.70. The second kappa shape index (κ2) is 6.00. The minimum Gasteiger partial charge on any atom is -0.372 e. The molecule has 20 heavy (non-hydrogen) atoms. The fourth-order valence-corrected chi connectivity index (χ4v) is 3.88. The summed E-state index contributed by atoms with van der Waals surface area (Å²) in [6.07, 6.45) is 4.04. The fourth-order valence-electron chi connectivity index (χ4n) is 3.88. The Balaban J connectivity index is 1.53. The molecule has 0 radical (unpaired) electrons. The van der Waals surface area contributed by atoms with Crippen LogP contribution in [0.1, 0.15) is 25.7 Å². The van der Waals surface area contributed by atoms with Crippen LogP contribution in [0.2, 0.25) is 0 Å². The molecule has 5 heteroatoms. The molecular weight excluding hydrogens is 254 g/mol. The molecule has 3 fully saturated rings. The van der Waals surface area contributed by atoms with E-state index in [1.165, 1.54) is 0 Å². The van der Waals surface area contributed by atoms with Crippen LogP contribution in [0.15, 0.2) is 0 Å². The van der Waals surface area contributed by atoms with Gasteiger partial charge in [-0.15, -0.1) is 0 Å². The molecule has 1 N–H and O–H groups in total. The molecule has 0 aromatic carbocycles. The number of hydrogen-bond donors (Lipinski definition) is 1. The zero-order valence-electron chi connectivity index (χ0n) is 12.6. The summed E-state index contributed by atoms with van der Waals surface area (Å²) in [5.74, 6) is 0.938. The quantitative estimate of drug-likeness (QED) is 0.791. The summed E-state index contributed by atoms with van der Waals surface area (Å²) in [6.45, 7) is 7.18. The van der Waals surface area contributed by atoms with Crippen LogP contribution in [0, 0.1) is 5.92 Å². The first kappa shape index (κ1) is 14.3. The maximum absolute atomic E-state index is 11.6. The summed E-state index contributed by atoms with van der Waals surface area (Å²) in [5, 5.41) is 3.42. The van der Waals surface area contributed by atoms with Gasteiger partial charge in [-0.1, -0.05) is 0 Å². The van der Waals surface area contributed by atoms with Gasteiger partial charge in [0.2, 0.25) is 5.91 Å². The van der Waals surface area contributed by atoms with Gasteiger partial charge in [0.05, 0.1) is 12.2 Å². The van der Waals surface area contributed by atoms with Crippen molar-refractivity contribution in [2.45, 2.75) is 31.3 Å². The highest BCUT2D eigenvalue weighted by atomic mass is 16.5. The van der Waals surface area contributed by atoms with Crippen LogP contribution in [0.5, 0.6) is 0 Å². The Morgan fingerprint density at radius 3 is 2.95 bits per heavy atom. The van der Waals surface area contributed by atoms with Crippen LogP contribution >= 0.6 is 0 Å². The van der Waals surface area contributed by atoms with Gasteiger partial charge in [-0.05, 0) is 38.3 Å². The first-order valence-electron chi connectivity index (χ1n) is 7.98. The summed E-state index contributed by atoms with van der Waals surface area (Å²) >= 11 is 0. The van der Waals surface area contributed by atoms with Gasteiger partial charge in [0.15, 0.2) is 0 Å². The average molecular weight is 281 g/mol. The molecule has 0 bridgehead atoms. The molecule has 1 amide bonds. The summed E-state index contributed by atoms with van der Waals surface area (Å²) in [7, 11) is 1.93. The molecule has 1 atom stereocenters. The van der Waals surface area contributed by atoms with E-state index < -0.39 is 0 Å². The van der Waals surface area contributed by atoms with Crippen LogP contribution in [-0.2, 0) is 9.53 Å². The maximum Gasteiger partial charge on any atom is 0.222 e. The average Bonchev–Trinajstić information content (AvgIpc) is 2.44. The SMILES string of the molecule is CN1CC(CN2CCOC3(CCNCC3)C2)CCC1=O. The number of rotatable bonds is 2. The van der Waals surface area contributed by atoms with Gasteiger partial charge in [-0.3, -0.25) is 9.69 Å². The van der Waals surface area contributed by atoms with Gasteiger partial charge in [0.1, 0.15) is 0 Å². The van der Waals surface area contributed by atoms with Crippen LogP contribution < -0.4 is 5.32 Å². The number of likely N-dealkylation sites (tertiary alicyclic amines) is 1. The molecule has 3 aliphatic rings. The topological polar surface area (TPSA) is 44.8 Å². The Morgan fingerprint density at radius 1 is 1.40 bits per heavy atom. The highest BCUT2D eigenvalue weighted by Gasteiger charge is 2.38. The highest BCUT2D eigenvalue weighted by molar-refractivity contribution is 5.76. The van der Waals surface area contributed by atoms with Crippen molar-refractivity contribution in [3.8, 4) is 0 Å². The molecule has 1 unspecified atom stereocenters. The van der Waals surface area contributed by atoms with Gasteiger partial charge in [0, 0.05) is 39.6 Å². The van der Waals surface area contributed by atoms with Gasteiger partial charge >= 0.3 is 0 Å². The van der Waals surface area contributed by atoms with E-state index in [1.54, 1.807) is 0 Å². The maximum atomic E-state index is 11.6. The number of nitrogens with zero attached hydrogens (tertiary/aromatic N) is 2. The van der Waals surface area contributed by atoms with E-state index in [4.69, 9.17) is 4.74 Å². The lowest BCUT2D eigenvalue weighted by molar-refractivity contribution is -0.137. The van der Waals surface area contributed by atoms with E-state index in [0.29, 0.717) is 11.8 Å². The Bertz CT molecular complexity index is 350. The molecule has 1 spiro atoms. The van der Waals surface area contributed by atoms with E-state index in [-0.39, 0.29) is 5.60 Å². The molecule has 5 nitrogen and oxygen atoms in total. The molecule has 3 rings (SSSR count). The zero-order chi connectivity index (χ0) is 14.0. The van der Waals surface area contributed by atoms with Gasteiger partial charge in [-0.25, -0.2) is 0 Å². The van der Waals surface area contributed by atoms with E-state index in [9.17, 15) is 4.79 Å². The molecule has 0 aliphatic carbocycles. The Labute approximate surface area is 121 Å². The molecule has 0 saturated carbocycles. The normalized spacial score (nSPS) is 31.8. The molecule has 0 aromatic rings. The van der Waals surface area contributed by atoms with E-state index in [2.05, 4.69) is 10.2 Å². The lowest BCUT2D eigenvalue weighted by Gasteiger charge is -2.46. The first-order valence-corrected chi connectivity index (χ1v) is 7.98. The molecule has 114 valence electrons. The molecule has 3 heterocycles. The minimum absolute atomic E-state index is 0.0971. The van der Waals surface area contributed by atoms with Crippen LogP contribution in [0.4, 0.5) is 0 Å². The predicted molar refractivity (Wildman–Crippen MR) is 77.6 cm³/mol. The van der Waals surface area contributed by atoms with Gasteiger partial charge in [-0.2, -0.15) is 0 Å². The minimum atomic E-state index is 0.0971. The number of ether oxygens (including phenoxy) is 1. The lowest BCUT2D eigenvalue weighted by atomic mass is 9.89. The monoisotopic (exact) mass is 281 g/mol. The van der Waals surface area contributed by atoms with Crippen molar-refractivity contribution >= 4 is 5.91 Å². The number of carbonyl (C=O) groups excluding carboxylic acids is 1. The number of morpholine rings is 1. The Hall–Kier alpha value is -0.650. The number of amides is 1. The molecule has 3 saturated heterocycles. The van der Waals surface area contributed by atoms with Crippen LogP contribution in [-0.4, -0.2) is 74.2 Å². The highest BCUT2D eigenvalue weighted by Crippen LogP contribution is 2.28. The number of hydrogen-bond acceptors (Lipinski definition) is 4.